The number of hydrogen-bond acceptors (Lipinski definition) is 3. The summed E-state index contributed by atoms with van der Waals surface area (Å²) in [6.07, 6.45) is 9.06. The molecule has 26 heavy (non-hydrogen) atoms. The lowest BCUT2D eigenvalue weighted by Crippen LogP contribution is -2.47. The summed E-state index contributed by atoms with van der Waals surface area (Å²) in [5, 5.41) is 0. The summed E-state index contributed by atoms with van der Waals surface area (Å²) in [5.74, 6) is -1.26. The van der Waals surface area contributed by atoms with Crippen molar-refractivity contribution in [2.45, 2.75) is 84.2 Å². The zero-order valence-corrected chi connectivity index (χ0v) is 17.2. The highest BCUT2D eigenvalue weighted by atomic mass is 19.1. The number of methoxy groups -OCH3 is 2. The number of hydrogen-bond donors (Lipinski definition) is 0. The fourth-order valence-corrected chi connectivity index (χ4v) is 3.42. The number of benzene rings is 1. The van der Waals surface area contributed by atoms with Crippen LogP contribution in [0, 0.1) is 11.7 Å². The topological polar surface area (TPSA) is 27.7 Å². The molecule has 0 bridgehead atoms. The predicted molar refractivity (Wildman–Crippen MR) is 105 cm³/mol. The zero-order chi connectivity index (χ0) is 19.4. The van der Waals surface area contributed by atoms with Gasteiger partial charge in [0.2, 0.25) is 0 Å². The van der Waals surface area contributed by atoms with Crippen LogP contribution in [0.4, 0.5) is 4.39 Å². The molecular formula is C22H37FO3. The minimum atomic E-state index is -1.08. The standard InChI is InChI=1S/C22H37FO3/c1-6-7-8-9-10-11-12-20(17-19-13-15-21(23)16-14-19)22(24-4,25-5)26-18(2)3/h13-16,18,20H,6-12,17H2,1-5H3. The number of ether oxygens (including phenoxy) is 3. The molecular weight excluding hydrogens is 331 g/mol. The van der Waals surface area contributed by atoms with Gasteiger partial charge >= 0.3 is 0 Å². The highest BCUT2D eigenvalue weighted by Crippen LogP contribution is 2.33. The predicted octanol–water partition coefficient (Wildman–Crippen LogP) is 6.11. The fourth-order valence-electron chi connectivity index (χ4n) is 3.42. The van der Waals surface area contributed by atoms with E-state index in [0.29, 0.717) is 0 Å². The Morgan fingerprint density at radius 2 is 1.50 bits per heavy atom. The van der Waals surface area contributed by atoms with E-state index < -0.39 is 5.97 Å². The molecule has 0 radical (unpaired) electrons. The first-order valence-electron chi connectivity index (χ1n) is 10.00. The van der Waals surface area contributed by atoms with E-state index in [9.17, 15) is 4.39 Å². The lowest BCUT2D eigenvalue weighted by atomic mass is 9.90. The smallest absolute Gasteiger partial charge is 0.285 e. The first-order chi connectivity index (χ1) is 12.5. The Hall–Kier alpha value is -0.970. The van der Waals surface area contributed by atoms with Crippen molar-refractivity contribution in [3.8, 4) is 0 Å². The Kier molecular flexibility index (Phi) is 11.0. The molecule has 0 aliphatic heterocycles. The van der Waals surface area contributed by atoms with Crippen LogP contribution in [0.5, 0.6) is 0 Å². The average Bonchev–Trinajstić information content (AvgIpc) is 2.63. The first kappa shape index (κ1) is 23.1. The molecule has 0 aliphatic rings. The summed E-state index contributed by atoms with van der Waals surface area (Å²) in [4.78, 5) is 0. The molecule has 0 saturated carbocycles. The molecule has 0 heterocycles. The second kappa shape index (κ2) is 12.4. The number of rotatable bonds is 14. The molecule has 3 nitrogen and oxygen atoms in total. The van der Waals surface area contributed by atoms with E-state index in [1.54, 1.807) is 14.2 Å². The van der Waals surface area contributed by atoms with Crippen molar-refractivity contribution < 1.29 is 18.6 Å². The van der Waals surface area contributed by atoms with Crippen LogP contribution < -0.4 is 0 Å². The monoisotopic (exact) mass is 368 g/mol. The van der Waals surface area contributed by atoms with Gasteiger partial charge in [-0.25, -0.2) is 4.39 Å². The Labute approximate surface area is 159 Å². The van der Waals surface area contributed by atoms with E-state index in [2.05, 4.69) is 6.92 Å². The van der Waals surface area contributed by atoms with E-state index in [4.69, 9.17) is 14.2 Å². The molecule has 0 amide bonds. The van der Waals surface area contributed by atoms with Gasteiger partial charge in [-0.05, 0) is 44.4 Å². The normalized spacial score (nSPS) is 13.3. The molecule has 1 unspecified atom stereocenters. The van der Waals surface area contributed by atoms with Gasteiger partial charge in [0.15, 0.2) is 0 Å². The van der Waals surface area contributed by atoms with Crippen LogP contribution in [0.2, 0.25) is 0 Å². The molecule has 1 aromatic carbocycles. The Balaban J connectivity index is 2.82. The Bertz CT molecular complexity index is 469. The lowest BCUT2D eigenvalue weighted by molar-refractivity contribution is -0.398. The van der Waals surface area contributed by atoms with Crippen LogP contribution in [0.25, 0.3) is 0 Å². The van der Waals surface area contributed by atoms with Gasteiger partial charge in [-0.3, -0.25) is 0 Å². The highest BCUT2D eigenvalue weighted by molar-refractivity contribution is 5.17. The van der Waals surface area contributed by atoms with E-state index in [1.807, 2.05) is 26.0 Å². The van der Waals surface area contributed by atoms with Crippen LogP contribution >= 0.6 is 0 Å². The summed E-state index contributed by atoms with van der Waals surface area (Å²) in [5.41, 5.74) is 1.06. The third-order valence-electron chi connectivity index (χ3n) is 4.77. The molecule has 0 fully saturated rings. The minimum absolute atomic E-state index is 0.0184. The van der Waals surface area contributed by atoms with Gasteiger partial charge in [0.1, 0.15) is 5.82 Å². The van der Waals surface area contributed by atoms with Crippen LogP contribution in [-0.4, -0.2) is 26.3 Å². The lowest BCUT2D eigenvalue weighted by Gasteiger charge is -2.39. The summed E-state index contributed by atoms with van der Waals surface area (Å²) in [6, 6.07) is 6.66. The van der Waals surface area contributed by atoms with Crippen molar-refractivity contribution in [1.29, 1.82) is 0 Å². The van der Waals surface area contributed by atoms with Crippen molar-refractivity contribution >= 4 is 0 Å². The van der Waals surface area contributed by atoms with Crippen LogP contribution in [-0.2, 0) is 20.6 Å². The third-order valence-corrected chi connectivity index (χ3v) is 4.77. The maximum Gasteiger partial charge on any atom is 0.285 e. The first-order valence-corrected chi connectivity index (χ1v) is 10.00. The molecule has 0 N–H and O–H groups in total. The Morgan fingerprint density at radius 3 is 2.04 bits per heavy atom. The summed E-state index contributed by atoms with van der Waals surface area (Å²) in [6.45, 7) is 6.19. The number of unbranched alkanes of at least 4 members (excludes halogenated alkanes) is 5. The average molecular weight is 369 g/mol. The second-order valence-electron chi connectivity index (χ2n) is 7.26. The molecule has 1 rings (SSSR count). The SMILES string of the molecule is CCCCCCCCC(Cc1ccc(F)cc1)C(OC)(OC)OC(C)C. The van der Waals surface area contributed by atoms with Crippen LogP contribution in [0.1, 0.15) is 71.3 Å². The van der Waals surface area contributed by atoms with Crippen molar-refractivity contribution in [3.05, 3.63) is 35.6 Å². The summed E-state index contributed by atoms with van der Waals surface area (Å²) >= 11 is 0. The van der Waals surface area contributed by atoms with Gasteiger partial charge in [0.25, 0.3) is 5.97 Å². The van der Waals surface area contributed by atoms with Gasteiger partial charge in [-0.2, -0.15) is 0 Å². The zero-order valence-electron chi connectivity index (χ0n) is 17.2. The van der Waals surface area contributed by atoms with E-state index in [1.165, 1.54) is 44.2 Å². The van der Waals surface area contributed by atoms with Gasteiger partial charge in [0.05, 0.1) is 6.10 Å². The van der Waals surface area contributed by atoms with Gasteiger partial charge in [0, 0.05) is 20.1 Å². The van der Waals surface area contributed by atoms with Gasteiger partial charge in [-0.15, -0.1) is 0 Å². The number of halogens is 1. The molecule has 4 heteroatoms. The van der Waals surface area contributed by atoms with Crippen molar-refractivity contribution in [2.75, 3.05) is 14.2 Å². The van der Waals surface area contributed by atoms with Crippen molar-refractivity contribution in [1.82, 2.24) is 0 Å². The third kappa shape index (κ3) is 7.73. The Morgan fingerprint density at radius 1 is 0.923 bits per heavy atom. The molecule has 0 saturated heterocycles. The molecule has 1 atom stereocenters. The molecule has 0 spiro atoms. The van der Waals surface area contributed by atoms with E-state index >= 15 is 0 Å². The fraction of sp³-hybridized carbons (Fsp3) is 0.727. The quantitative estimate of drug-likeness (QED) is 0.293. The minimum Gasteiger partial charge on any atom is -0.331 e. The van der Waals surface area contributed by atoms with Gasteiger partial charge < -0.3 is 14.2 Å². The maximum absolute atomic E-state index is 13.2. The second-order valence-corrected chi connectivity index (χ2v) is 7.26. The highest BCUT2D eigenvalue weighted by Gasteiger charge is 2.41. The van der Waals surface area contributed by atoms with E-state index in [0.717, 1.165) is 24.8 Å². The van der Waals surface area contributed by atoms with Crippen molar-refractivity contribution in [3.63, 3.8) is 0 Å². The van der Waals surface area contributed by atoms with Crippen LogP contribution in [0.15, 0.2) is 24.3 Å². The maximum atomic E-state index is 13.2. The van der Waals surface area contributed by atoms with Crippen molar-refractivity contribution in [2.24, 2.45) is 5.92 Å². The molecule has 1 aromatic rings. The van der Waals surface area contributed by atoms with Gasteiger partial charge in [-0.1, -0.05) is 57.6 Å². The van der Waals surface area contributed by atoms with E-state index in [-0.39, 0.29) is 17.8 Å². The van der Waals surface area contributed by atoms with Crippen LogP contribution in [0.3, 0.4) is 0 Å². The molecule has 0 aliphatic carbocycles. The largest absolute Gasteiger partial charge is 0.331 e. The summed E-state index contributed by atoms with van der Waals surface area (Å²) < 4.78 is 30.8. The molecule has 150 valence electrons. The summed E-state index contributed by atoms with van der Waals surface area (Å²) in [7, 11) is 3.26. The molecule has 0 aromatic heterocycles.